The van der Waals surface area contributed by atoms with Gasteiger partial charge in [0.1, 0.15) is 0 Å². The summed E-state index contributed by atoms with van der Waals surface area (Å²) >= 11 is 1.37. The van der Waals surface area contributed by atoms with E-state index < -0.39 is 10.0 Å². The van der Waals surface area contributed by atoms with Crippen LogP contribution in [0.25, 0.3) is 11.4 Å². The van der Waals surface area contributed by atoms with Gasteiger partial charge in [0.25, 0.3) is 0 Å². The molecule has 1 heterocycles. The average Bonchev–Trinajstić information content (AvgIpc) is 3.15. The Hall–Kier alpha value is -1.91. The van der Waals surface area contributed by atoms with Crippen LogP contribution in [0.3, 0.4) is 0 Å². The van der Waals surface area contributed by atoms with Gasteiger partial charge in [-0.05, 0) is 31.9 Å². The molecule has 0 aliphatic rings. The third-order valence-electron chi connectivity index (χ3n) is 5.14. The maximum Gasteiger partial charge on any atom is 0.243 e. The Bertz CT molecular complexity index is 997. The van der Waals surface area contributed by atoms with E-state index in [9.17, 15) is 13.2 Å². The van der Waals surface area contributed by atoms with E-state index in [-0.39, 0.29) is 16.6 Å². The molecule has 2 rings (SSSR count). The molecule has 0 unspecified atom stereocenters. The van der Waals surface area contributed by atoms with Crippen molar-refractivity contribution in [3.8, 4) is 11.4 Å². The van der Waals surface area contributed by atoms with Gasteiger partial charge in [-0.3, -0.25) is 4.79 Å². The van der Waals surface area contributed by atoms with Crippen molar-refractivity contribution in [2.45, 2.75) is 58.1 Å². The van der Waals surface area contributed by atoms with Crippen LogP contribution in [0, 0.1) is 5.92 Å². The first kappa shape index (κ1) is 26.3. The van der Waals surface area contributed by atoms with Crippen molar-refractivity contribution in [2.24, 2.45) is 5.92 Å². The van der Waals surface area contributed by atoms with Gasteiger partial charge in [-0.15, -0.1) is 10.2 Å². The Morgan fingerprint density at radius 2 is 1.72 bits per heavy atom. The molecule has 0 spiro atoms. The number of amides is 1. The largest absolute Gasteiger partial charge is 0.343 e. The number of thioether (sulfide) groups is 1. The summed E-state index contributed by atoms with van der Waals surface area (Å²) in [6.07, 6.45) is 0. The number of carbonyl (C=O) groups excluding carboxylic acids is 1. The molecule has 1 aromatic heterocycles. The number of nitrogens with zero attached hydrogens (tertiary/aromatic N) is 5. The number of hydrogen-bond donors (Lipinski definition) is 0. The van der Waals surface area contributed by atoms with Crippen molar-refractivity contribution < 1.29 is 13.2 Å². The van der Waals surface area contributed by atoms with Crippen molar-refractivity contribution in [2.75, 3.05) is 31.9 Å². The van der Waals surface area contributed by atoms with Gasteiger partial charge >= 0.3 is 0 Å². The molecule has 0 atom stereocenters. The minimum Gasteiger partial charge on any atom is -0.343 e. The molecule has 8 nitrogen and oxygen atoms in total. The van der Waals surface area contributed by atoms with Gasteiger partial charge in [0.05, 0.1) is 10.6 Å². The number of sulfonamides is 1. The summed E-state index contributed by atoms with van der Waals surface area (Å²) in [5.74, 6) is 1.28. The zero-order valence-electron chi connectivity index (χ0n) is 19.9. The molecule has 0 aliphatic carbocycles. The first-order valence-electron chi connectivity index (χ1n) is 11.1. The van der Waals surface area contributed by atoms with E-state index in [0.29, 0.717) is 55.2 Å². The number of carbonyl (C=O) groups is 1. The van der Waals surface area contributed by atoms with Crippen molar-refractivity contribution >= 4 is 27.7 Å². The number of benzene rings is 1. The number of hydrogen-bond acceptors (Lipinski definition) is 6. The van der Waals surface area contributed by atoms with Crippen LogP contribution in [0.2, 0.25) is 0 Å². The van der Waals surface area contributed by atoms with Gasteiger partial charge in [0.15, 0.2) is 11.0 Å². The number of aromatic nitrogens is 3. The van der Waals surface area contributed by atoms with Crippen LogP contribution in [0.5, 0.6) is 0 Å². The lowest BCUT2D eigenvalue weighted by Crippen LogP contribution is -2.32. The van der Waals surface area contributed by atoms with Crippen LogP contribution in [0.1, 0.15) is 41.5 Å². The summed E-state index contributed by atoms with van der Waals surface area (Å²) in [5.41, 5.74) is 0.688. The third kappa shape index (κ3) is 6.11. The zero-order valence-corrected chi connectivity index (χ0v) is 21.5. The topological polar surface area (TPSA) is 88.4 Å². The van der Waals surface area contributed by atoms with Gasteiger partial charge in [-0.1, -0.05) is 51.6 Å². The fraction of sp³-hybridized carbons (Fsp3) is 0.591. The summed E-state index contributed by atoms with van der Waals surface area (Å²) < 4.78 is 29.4. The molecule has 10 heteroatoms. The molecular formula is C22H35N5O3S2. The lowest BCUT2D eigenvalue weighted by molar-refractivity contribution is -0.127. The molecule has 32 heavy (non-hydrogen) atoms. The molecule has 1 amide bonds. The van der Waals surface area contributed by atoms with Crippen LogP contribution in [0.15, 0.2) is 34.3 Å². The van der Waals surface area contributed by atoms with Crippen LogP contribution >= 0.6 is 11.8 Å². The Morgan fingerprint density at radius 3 is 2.28 bits per heavy atom. The summed E-state index contributed by atoms with van der Waals surface area (Å²) in [6, 6.07) is 6.84. The minimum atomic E-state index is -3.58. The molecule has 0 saturated carbocycles. The first-order chi connectivity index (χ1) is 15.2. The Kier molecular flexibility index (Phi) is 9.72. The highest BCUT2D eigenvalue weighted by atomic mass is 32.2. The predicted octanol–water partition coefficient (Wildman–Crippen LogP) is 3.59. The molecule has 0 N–H and O–H groups in total. The average molecular weight is 482 g/mol. The summed E-state index contributed by atoms with van der Waals surface area (Å²) in [6.45, 7) is 14.6. The van der Waals surface area contributed by atoms with E-state index in [0.717, 1.165) is 0 Å². The molecule has 0 bridgehead atoms. The maximum atomic E-state index is 13.0. The predicted molar refractivity (Wildman–Crippen MR) is 129 cm³/mol. The quantitative estimate of drug-likeness (QED) is 0.431. The van der Waals surface area contributed by atoms with Crippen LogP contribution in [0.4, 0.5) is 0 Å². The van der Waals surface area contributed by atoms with Crippen LogP contribution in [-0.2, 0) is 21.4 Å². The zero-order chi connectivity index (χ0) is 23.9. The molecule has 0 aliphatic heterocycles. The van der Waals surface area contributed by atoms with Crippen LogP contribution < -0.4 is 0 Å². The van der Waals surface area contributed by atoms with Gasteiger partial charge < -0.3 is 9.47 Å². The van der Waals surface area contributed by atoms with E-state index in [2.05, 4.69) is 24.0 Å². The van der Waals surface area contributed by atoms with Crippen LogP contribution in [-0.4, -0.2) is 70.2 Å². The van der Waals surface area contributed by atoms with Gasteiger partial charge in [-0.25, -0.2) is 8.42 Å². The minimum absolute atomic E-state index is 0.0629. The van der Waals surface area contributed by atoms with Gasteiger partial charge in [0.2, 0.25) is 15.9 Å². The molecule has 1 aromatic carbocycles. The van der Waals surface area contributed by atoms with E-state index in [1.54, 1.807) is 23.1 Å². The van der Waals surface area contributed by atoms with Crippen molar-refractivity contribution in [3.63, 3.8) is 0 Å². The highest BCUT2D eigenvalue weighted by molar-refractivity contribution is 7.99. The maximum absolute atomic E-state index is 13.0. The smallest absolute Gasteiger partial charge is 0.243 e. The summed E-state index contributed by atoms with van der Waals surface area (Å²) in [7, 11) is -3.58. The second-order valence-corrected chi connectivity index (χ2v) is 10.7. The molecule has 0 fully saturated rings. The molecule has 0 radical (unpaired) electrons. The Balaban J connectivity index is 2.41. The standard InChI is InChI=1S/C22H35N5O3S2/c1-7-25(8-2)20(28)16-31-22-24-23-21(27(22)15-17(5)6)18-12-11-13-19(14-18)32(29,30)26(9-3)10-4/h11-14,17H,7-10,15-16H2,1-6H3. The molecular weight excluding hydrogens is 446 g/mol. The highest BCUT2D eigenvalue weighted by Crippen LogP contribution is 2.28. The Labute approximate surface area is 196 Å². The number of rotatable bonds is 12. The van der Waals surface area contributed by atoms with E-state index >= 15 is 0 Å². The fourth-order valence-electron chi connectivity index (χ4n) is 3.44. The second kappa shape index (κ2) is 11.8. The van der Waals surface area contributed by atoms with Gasteiger partial charge in [-0.2, -0.15) is 4.31 Å². The second-order valence-electron chi connectivity index (χ2n) is 7.78. The monoisotopic (exact) mass is 481 g/mol. The SMILES string of the molecule is CCN(CC)C(=O)CSc1nnc(-c2cccc(S(=O)(=O)N(CC)CC)c2)n1CC(C)C. The third-order valence-corrected chi connectivity index (χ3v) is 8.14. The van der Waals surface area contributed by atoms with E-state index in [4.69, 9.17) is 0 Å². The normalized spacial score (nSPS) is 12.0. The lowest BCUT2D eigenvalue weighted by atomic mass is 10.2. The summed E-state index contributed by atoms with van der Waals surface area (Å²) in [5, 5.41) is 9.36. The Morgan fingerprint density at radius 1 is 1.06 bits per heavy atom. The van der Waals surface area contributed by atoms with Gasteiger partial charge in [0, 0.05) is 38.3 Å². The fourth-order valence-corrected chi connectivity index (χ4v) is 5.80. The summed E-state index contributed by atoms with van der Waals surface area (Å²) in [4.78, 5) is 14.5. The van der Waals surface area contributed by atoms with Crippen molar-refractivity contribution in [1.29, 1.82) is 0 Å². The molecule has 178 valence electrons. The lowest BCUT2D eigenvalue weighted by Gasteiger charge is -2.19. The molecule has 0 saturated heterocycles. The van der Waals surface area contributed by atoms with Crippen molar-refractivity contribution in [3.05, 3.63) is 24.3 Å². The molecule has 2 aromatic rings. The van der Waals surface area contributed by atoms with E-state index in [1.165, 1.54) is 16.1 Å². The first-order valence-corrected chi connectivity index (χ1v) is 13.6. The van der Waals surface area contributed by atoms with Crippen molar-refractivity contribution in [1.82, 2.24) is 24.0 Å². The van der Waals surface area contributed by atoms with E-state index in [1.807, 2.05) is 38.3 Å². The highest BCUT2D eigenvalue weighted by Gasteiger charge is 2.23.